The fourth-order valence-corrected chi connectivity index (χ4v) is 2.33. The van der Waals surface area contributed by atoms with E-state index in [1.165, 1.54) is 4.91 Å². The molecule has 0 unspecified atom stereocenters. The van der Waals surface area contributed by atoms with Gasteiger partial charge in [-0.25, -0.2) is 0 Å². The maximum absolute atomic E-state index is 10.8. The summed E-state index contributed by atoms with van der Waals surface area (Å²) in [6, 6.07) is 0. The van der Waals surface area contributed by atoms with Crippen molar-refractivity contribution in [1.29, 1.82) is 0 Å². The van der Waals surface area contributed by atoms with E-state index in [4.69, 9.17) is 5.73 Å². The lowest BCUT2D eigenvalue weighted by Gasteiger charge is -1.93. The Labute approximate surface area is 68.8 Å². The molecule has 0 saturated carbocycles. The molecule has 0 bridgehead atoms. The molecule has 0 aromatic heterocycles. The van der Waals surface area contributed by atoms with Crippen molar-refractivity contribution < 1.29 is 4.79 Å². The molecule has 0 radical (unpaired) electrons. The molecule has 2 aliphatic rings. The number of primary amides is 1. The number of nitrogens with two attached hydrogens (primary N) is 1. The molecule has 0 aromatic rings. The molecular formula is C8H7NOS. The highest BCUT2D eigenvalue weighted by molar-refractivity contribution is 8.03. The van der Waals surface area contributed by atoms with Gasteiger partial charge in [0, 0.05) is 16.2 Å². The van der Waals surface area contributed by atoms with Gasteiger partial charge in [-0.05, 0) is 11.6 Å². The van der Waals surface area contributed by atoms with E-state index >= 15 is 0 Å². The zero-order valence-electron chi connectivity index (χ0n) is 5.83. The molecule has 2 nitrogen and oxygen atoms in total. The first-order valence-corrected chi connectivity index (χ1v) is 4.32. The predicted octanol–water partition coefficient (Wildman–Crippen LogP) is 0.969. The summed E-state index contributed by atoms with van der Waals surface area (Å²) in [5.74, 6) is 0.448. The average Bonchev–Trinajstić information content (AvgIpc) is 2.41. The van der Waals surface area contributed by atoms with Gasteiger partial charge >= 0.3 is 0 Å². The zero-order valence-corrected chi connectivity index (χ0v) is 6.65. The van der Waals surface area contributed by atoms with Crippen LogP contribution in [0.15, 0.2) is 34.3 Å². The first-order valence-electron chi connectivity index (χ1n) is 3.33. The number of carbonyl (C=O) groups is 1. The van der Waals surface area contributed by atoms with E-state index in [-0.39, 0.29) is 5.91 Å². The molecular weight excluding hydrogens is 158 g/mol. The number of allylic oxidation sites excluding steroid dienone is 4. The molecule has 1 amide bonds. The van der Waals surface area contributed by atoms with E-state index in [2.05, 4.69) is 0 Å². The normalized spacial score (nSPS) is 20.5. The highest BCUT2D eigenvalue weighted by atomic mass is 32.2. The second kappa shape index (κ2) is 2.27. The van der Waals surface area contributed by atoms with Crippen LogP contribution in [0.3, 0.4) is 0 Å². The maximum Gasteiger partial charge on any atom is 0.246 e. The number of fused-ring (bicyclic) bond motifs is 1. The molecule has 2 rings (SSSR count). The van der Waals surface area contributed by atoms with Gasteiger partial charge in [0.05, 0.1) is 0 Å². The smallest absolute Gasteiger partial charge is 0.246 e. The quantitative estimate of drug-likeness (QED) is 0.629. The maximum atomic E-state index is 10.8. The van der Waals surface area contributed by atoms with Crippen molar-refractivity contribution in [3.63, 3.8) is 0 Å². The second-order valence-corrected chi connectivity index (χ2v) is 3.45. The number of thioether (sulfide) groups is 1. The van der Waals surface area contributed by atoms with Crippen LogP contribution in [0.25, 0.3) is 0 Å². The molecule has 56 valence electrons. The Morgan fingerprint density at radius 3 is 3.18 bits per heavy atom. The van der Waals surface area contributed by atoms with Gasteiger partial charge in [-0.1, -0.05) is 12.2 Å². The van der Waals surface area contributed by atoms with Crippen molar-refractivity contribution in [2.75, 3.05) is 5.75 Å². The third-order valence-corrected chi connectivity index (χ3v) is 2.87. The number of hydrogen-bond acceptors (Lipinski definition) is 2. The fourth-order valence-electron chi connectivity index (χ4n) is 1.21. The first kappa shape index (κ1) is 6.73. The summed E-state index contributed by atoms with van der Waals surface area (Å²) in [7, 11) is 0. The molecule has 1 heterocycles. The van der Waals surface area contributed by atoms with Crippen LogP contribution in [0.1, 0.15) is 0 Å². The summed E-state index contributed by atoms with van der Waals surface area (Å²) < 4.78 is 0. The summed E-state index contributed by atoms with van der Waals surface area (Å²) >= 11 is 1.67. The van der Waals surface area contributed by atoms with E-state index in [0.717, 1.165) is 16.9 Å². The average molecular weight is 165 g/mol. The van der Waals surface area contributed by atoms with Gasteiger partial charge in [0.15, 0.2) is 0 Å². The summed E-state index contributed by atoms with van der Waals surface area (Å²) in [4.78, 5) is 12.0. The van der Waals surface area contributed by atoms with E-state index in [0.29, 0.717) is 0 Å². The van der Waals surface area contributed by atoms with Crippen LogP contribution in [0.2, 0.25) is 0 Å². The van der Waals surface area contributed by atoms with E-state index < -0.39 is 0 Å². The Morgan fingerprint density at radius 1 is 1.64 bits per heavy atom. The van der Waals surface area contributed by atoms with Crippen LogP contribution in [0.5, 0.6) is 0 Å². The van der Waals surface area contributed by atoms with Gasteiger partial charge in [-0.3, -0.25) is 4.79 Å². The zero-order chi connectivity index (χ0) is 7.84. The molecule has 2 N–H and O–H groups in total. The summed E-state index contributed by atoms with van der Waals surface area (Å²) in [5.41, 5.74) is 6.97. The molecule has 0 aromatic carbocycles. The molecule has 0 spiro atoms. The van der Waals surface area contributed by atoms with Gasteiger partial charge in [0.25, 0.3) is 0 Å². The monoisotopic (exact) mass is 165 g/mol. The Hall–Kier alpha value is -0.960. The second-order valence-electron chi connectivity index (χ2n) is 2.44. The minimum Gasteiger partial charge on any atom is -0.366 e. The van der Waals surface area contributed by atoms with Crippen LogP contribution >= 0.6 is 11.8 Å². The lowest BCUT2D eigenvalue weighted by molar-refractivity contribution is -0.114. The molecule has 1 aliphatic heterocycles. The highest BCUT2D eigenvalue weighted by Gasteiger charge is 2.23. The standard InChI is InChI=1S/C8H7NOS/c9-8(10)6-4-11-7-3-1-2-5(6)7/h1-3H,4H2,(H2,9,10). The van der Waals surface area contributed by atoms with Crippen molar-refractivity contribution in [3.05, 3.63) is 34.3 Å². The van der Waals surface area contributed by atoms with Gasteiger partial charge in [0.1, 0.15) is 0 Å². The Balaban J connectivity index is 2.48. The minimum atomic E-state index is -0.289. The molecule has 0 saturated heterocycles. The Kier molecular flexibility index (Phi) is 1.39. The predicted molar refractivity (Wildman–Crippen MR) is 45.9 cm³/mol. The van der Waals surface area contributed by atoms with Crippen molar-refractivity contribution in [2.45, 2.75) is 0 Å². The fraction of sp³-hybridized carbons (Fsp3) is 0.125. The van der Waals surface area contributed by atoms with Crippen LogP contribution in [-0.4, -0.2) is 11.7 Å². The molecule has 0 atom stereocenters. The van der Waals surface area contributed by atoms with Gasteiger partial charge < -0.3 is 5.73 Å². The van der Waals surface area contributed by atoms with Crippen molar-refractivity contribution in [2.24, 2.45) is 5.73 Å². The summed E-state index contributed by atoms with van der Waals surface area (Å²) in [6.07, 6.45) is 5.89. The van der Waals surface area contributed by atoms with E-state index in [9.17, 15) is 4.79 Å². The molecule has 11 heavy (non-hydrogen) atoms. The molecule has 1 aliphatic carbocycles. The van der Waals surface area contributed by atoms with Crippen molar-refractivity contribution in [3.8, 4) is 0 Å². The van der Waals surface area contributed by atoms with Gasteiger partial charge in [-0.15, -0.1) is 11.8 Å². The number of rotatable bonds is 1. The van der Waals surface area contributed by atoms with Gasteiger partial charge in [0.2, 0.25) is 5.91 Å². The van der Waals surface area contributed by atoms with Crippen LogP contribution in [0, 0.1) is 0 Å². The number of carbonyl (C=O) groups excluding carboxylic acids is 1. The molecule has 0 fully saturated rings. The highest BCUT2D eigenvalue weighted by Crippen LogP contribution is 2.39. The Bertz CT molecular complexity index is 312. The summed E-state index contributed by atoms with van der Waals surface area (Å²) in [6.45, 7) is 0. The van der Waals surface area contributed by atoms with Gasteiger partial charge in [-0.2, -0.15) is 0 Å². The van der Waals surface area contributed by atoms with E-state index in [1.807, 2.05) is 18.2 Å². The van der Waals surface area contributed by atoms with Crippen LogP contribution in [0.4, 0.5) is 0 Å². The largest absolute Gasteiger partial charge is 0.366 e. The Morgan fingerprint density at radius 2 is 2.45 bits per heavy atom. The van der Waals surface area contributed by atoms with Crippen molar-refractivity contribution >= 4 is 17.7 Å². The van der Waals surface area contributed by atoms with Crippen LogP contribution < -0.4 is 5.73 Å². The van der Waals surface area contributed by atoms with Crippen LogP contribution in [-0.2, 0) is 4.79 Å². The topological polar surface area (TPSA) is 43.1 Å². The molecule has 3 heteroatoms. The first-order chi connectivity index (χ1) is 5.29. The third-order valence-electron chi connectivity index (χ3n) is 1.77. The number of hydrogen-bond donors (Lipinski definition) is 1. The van der Waals surface area contributed by atoms with Crippen molar-refractivity contribution in [1.82, 2.24) is 0 Å². The lowest BCUT2D eigenvalue weighted by atomic mass is 10.1. The number of amides is 1. The third kappa shape index (κ3) is 0.922. The van der Waals surface area contributed by atoms with E-state index in [1.54, 1.807) is 11.8 Å². The minimum absolute atomic E-state index is 0.289. The summed E-state index contributed by atoms with van der Waals surface area (Å²) in [5, 5.41) is 0. The SMILES string of the molecule is NC(=O)C1=C2C=CC=C2SC1. The lowest BCUT2D eigenvalue weighted by Crippen LogP contribution is -2.14.